The van der Waals surface area contributed by atoms with E-state index in [2.05, 4.69) is 5.32 Å². The molecule has 2 aromatic carbocycles. The molecule has 0 unspecified atom stereocenters. The van der Waals surface area contributed by atoms with Gasteiger partial charge in [0.2, 0.25) is 0 Å². The van der Waals surface area contributed by atoms with Crippen molar-refractivity contribution in [2.75, 3.05) is 12.4 Å². The van der Waals surface area contributed by atoms with Gasteiger partial charge in [-0.2, -0.15) is 0 Å². The highest BCUT2D eigenvalue weighted by molar-refractivity contribution is 7.21. The van der Waals surface area contributed by atoms with E-state index in [1.165, 1.54) is 11.3 Å². The van der Waals surface area contributed by atoms with Gasteiger partial charge < -0.3 is 15.8 Å². The summed E-state index contributed by atoms with van der Waals surface area (Å²) < 4.78 is 6.02. The summed E-state index contributed by atoms with van der Waals surface area (Å²) in [7, 11) is 1.57. The standard InChI is InChI=1S/C17H13ClN2O3S/c1-23-9-6-7-11-13(8-9)24-15(14(11)18)17(22)20-12-5-3-2-4-10(12)16(19)21/h2-8H,1H3,(H2,19,21)(H,20,22). The monoisotopic (exact) mass is 360 g/mol. The number of amides is 2. The summed E-state index contributed by atoms with van der Waals surface area (Å²) in [4.78, 5) is 24.4. The molecule has 0 spiro atoms. The SMILES string of the molecule is COc1ccc2c(Cl)c(C(=O)Nc3ccccc3C(N)=O)sc2c1. The van der Waals surface area contributed by atoms with Crippen LogP contribution in [0.3, 0.4) is 0 Å². The van der Waals surface area contributed by atoms with Crippen molar-refractivity contribution in [3.05, 3.63) is 57.9 Å². The van der Waals surface area contributed by atoms with E-state index in [0.717, 1.165) is 10.1 Å². The molecule has 5 nitrogen and oxygen atoms in total. The Bertz CT molecular complexity index is 952. The van der Waals surface area contributed by atoms with Crippen molar-refractivity contribution < 1.29 is 14.3 Å². The number of ether oxygens (including phenoxy) is 1. The first-order chi connectivity index (χ1) is 11.5. The molecule has 0 fully saturated rings. The second-order valence-corrected chi connectivity index (χ2v) is 6.40. The first kappa shape index (κ1) is 16.3. The highest BCUT2D eigenvalue weighted by Gasteiger charge is 2.19. The fourth-order valence-electron chi connectivity index (χ4n) is 2.30. The molecule has 1 heterocycles. The maximum absolute atomic E-state index is 12.6. The summed E-state index contributed by atoms with van der Waals surface area (Å²) in [6.45, 7) is 0. The molecule has 0 aliphatic heterocycles. The van der Waals surface area contributed by atoms with Gasteiger partial charge in [0.05, 0.1) is 23.4 Å². The van der Waals surface area contributed by atoms with E-state index in [1.54, 1.807) is 43.5 Å². The quantitative estimate of drug-likeness (QED) is 0.740. The first-order valence-corrected chi connectivity index (χ1v) is 8.17. The molecule has 122 valence electrons. The molecule has 0 saturated carbocycles. The number of benzene rings is 2. The number of para-hydroxylation sites is 1. The highest BCUT2D eigenvalue weighted by atomic mass is 35.5. The molecule has 0 saturated heterocycles. The average Bonchev–Trinajstić information content (AvgIpc) is 2.91. The lowest BCUT2D eigenvalue weighted by Crippen LogP contribution is -2.17. The van der Waals surface area contributed by atoms with E-state index in [9.17, 15) is 9.59 Å². The molecule has 7 heteroatoms. The first-order valence-electron chi connectivity index (χ1n) is 6.97. The third-order valence-electron chi connectivity index (χ3n) is 3.48. The number of rotatable bonds is 4. The molecule has 0 bridgehead atoms. The number of methoxy groups -OCH3 is 1. The van der Waals surface area contributed by atoms with E-state index < -0.39 is 11.8 Å². The normalized spacial score (nSPS) is 10.6. The van der Waals surface area contributed by atoms with E-state index in [4.69, 9.17) is 22.1 Å². The van der Waals surface area contributed by atoms with E-state index >= 15 is 0 Å². The number of primary amides is 1. The Morgan fingerprint density at radius 1 is 1.21 bits per heavy atom. The summed E-state index contributed by atoms with van der Waals surface area (Å²) in [6, 6.07) is 12.0. The van der Waals surface area contributed by atoms with Crippen molar-refractivity contribution >= 4 is 50.5 Å². The Morgan fingerprint density at radius 3 is 2.67 bits per heavy atom. The van der Waals surface area contributed by atoms with Crippen LogP contribution < -0.4 is 15.8 Å². The van der Waals surface area contributed by atoms with Crippen LogP contribution in [0.15, 0.2) is 42.5 Å². The van der Waals surface area contributed by atoms with Gasteiger partial charge in [-0.3, -0.25) is 9.59 Å². The maximum Gasteiger partial charge on any atom is 0.267 e. The summed E-state index contributed by atoms with van der Waals surface area (Å²) in [5.41, 5.74) is 5.91. The summed E-state index contributed by atoms with van der Waals surface area (Å²) >= 11 is 7.59. The molecule has 0 aliphatic rings. The number of fused-ring (bicyclic) bond motifs is 1. The number of hydrogen-bond donors (Lipinski definition) is 2. The van der Waals surface area contributed by atoms with E-state index in [-0.39, 0.29) is 5.56 Å². The predicted octanol–water partition coefficient (Wildman–Crippen LogP) is 3.91. The Hall–Kier alpha value is -2.57. The smallest absolute Gasteiger partial charge is 0.267 e. The summed E-state index contributed by atoms with van der Waals surface area (Å²) in [5, 5.41) is 3.83. The highest BCUT2D eigenvalue weighted by Crippen LogP contribution is 2.37. The van der Waals surface area contributed by atoms with Gasteiger partial charge in [-0.1, -0.05) is 23.7 Å². The van der Waals surface area contributed by atoms with E-state index in [1.807, 2.05) is 6.07 Å². The van der Waals surface area contributed by atoms with Crippen LogP contribution in [0, 0.1) is 0 Å². The van der Waals surface area contributed by atoms with Gasteiger partial charge in [-0.05, 0) is 30.3 Å². The molecular weight excluding hydrogens is 348 g/mol. The number of carbonyl (C=O) groups is 2. The molecule has 0 aliphatic carbocycles. The zero-order chi connectivity index (χ0) is 17.3. The predicted molar refractivity (Wildman–Crippen MR) is 96.3 cm³/mol. The van der Waals surface area contributed by atoms with Gasteiger partial charge in [0, 0.05) is 10.1 Å². The number of nitrogens with two attached hydrogens (primary N) is 1. The van der Waals surface area contributed by atoms with Crippen LogP contribution in [-0.4, -0.2) is 18.9 Å². The van der Waals surface area contributed by atoms with Crippen LogP contribution in [-0.2, 0) is 0 Å². The molecule has 1 aromatic heterocycles. The number of hydrogen-bond acceptors (Lipinski definition) is 4. The van der Waals surface area contributed by atoms with Crippen LogP contribution in [0.1, 0.15) is 20.0 Å². The Balaban J connectivity index is 1.98. The lowest BCUT2D eigenvalue weighted by atomic mass is 10.1. The van der Waals surface area contributed by atoms with Crippen LogP contribution in [0.5, 0.6) is 5.75 Å². The summed E-state index contributed by atoms with van der Waals surface area (Å²) in [6.07, 6.45) is 0. The topological polar surface area (TPSA) is 81.4 Å². The molecule has 3 N–H and O–H groups in total. The Labute approximate surface area is 147 Å². The van der Waals surface area contributed by atoms with Gasteiger partial charge in [-0.15, -0.1) is 11.3 Å². The van der Waals surface area contributed by atoms with Crippen molar-refractivity contribution in [2.24, 2.45) is 5.73 Å². The van der Waals surface area contributed by atoms with E-state index in [0.29, 0.717) is 21.3 Å². The molecule has 3 rings (SSSR count). The molecule has 3 aromatic rings. The lowest BCUT2D eigenvalue weighted by molar-refractivity contribution is 0.100. The van der Waals surface area contributed by atoms with Crippen molar-refractivity contribution in [2.45, 2.75) is 0 Å². The second kappa shape index (κ2) is 6.51. The largest absolute Gasteiger partial charge is 0.497 e. The van der Waals surface area contributed by atoms with Crippen LogP contribution in [0.2, 0.25) is 5.02 Å². The zero-order valence-electron chi connectivity index (χ0n) is 12.6. The van der Waals surface area contributed by atoms with Crippen molar-refractivity contribution in [1.82, 2.24) is 0 Å². The van der Waals surface area contributed by atoms with Gasteiger partial charge in [0.1, 0.15) is 10.6 Å². The Morgan fingerprint density at radius 2 is 1.96 bits per heavy atom. The maximum atomic E-state index is 12.6. The molecule has 0 atom stereocenters. The minimum atomic E-state index is -0.613. The fraction of sp³-hybridized carbons (Fsp3) is 0.0588. The lowest BCUT2D eigenvalue weighted by Gasteiger charge is -2.07. The molecule has 0 radical (unpaired) electrons. The number of thiophene rings is 1. The minimum absolute atomic E-state index is 0.241. The molecule has 2 amide bonds. The minimum Gasteiger partial charge on any atom is -0.497 e. The van der Waals surface area contributed by atoms with Crippen LogP contribution >= 0.6 is 22.9 Å². The van der Waals surface area contributed by atoms with Crippen molar-refractivity contribution in [1.29, 1.82) is 0 Å². The van der Waals surface area contributed by atoms with Gasteiger partial charge >= 0.3 is 0 Å². The summed E-state index contributed by atoms with van der Waals surface area (Å²) in [5.74, 6) is -0.321. The van der Waals surface area contributed by atoms with Crippen LogP contribution in [0.4, 0.5) is 5.69 Å². The van der Waals surface area contributed by atoms with Crippen molar-refractivity contribution in [3.63, 3.8) is 0 Å². The fourth-order valence-corrected chi connectivity index (χ4v) is 3.75. The van der Waals surface area contributed by atoms with Gasteiger partial charge in [0.25, 0.3) is 11.8 Å². The average molecular weight is 361 g/mol. The molecular formula is C17H13ClN2O3S. The number of carbonyl (C=O) groups excluding carboxylic acids is 2. The third-order valence-corrected chi connectivity index (χ3v) is 5.14. The third kappa shape index (κ3) is 2.93. The van der Waals surface area contributed by atoms with Gasteiger partial charge in [0.15, 0.2) is 0 Å². The number of anilines is 1. The second-order valence-electron chi connectivity index (χ2n) is 4.97. The number of halogens is 1. The van der Waals surface area contributed by atoms with Crippen LogP contribution in [0.25, 0.3) is 10.1 Å². The Kier molecular flexibility index (Phi) is 4.42. The zero-order valence-corrected chi connectivity index (χ0v) is 14.2. The molecule has 24 heavy (non-hydrogen) atoms. The van der Waals surface area contributed by atoms with Crippen molar-refractivity contribution in [3.8, 4) is 5.75 Å². The van der Waals surface area contributed by atoms with Gasteiger partial charge in [-0.25, -0.2) is 0 Å². The number of nitrogens with one attached hydrogen (secondary N) is 1.